The van der Waals surface area contributed by atoms with Gasteiger partial charge in [-0.05, 0) is 12.5 Å². The maximum absolute atomic E-state index is 13.4. The first-order valence-electron chi connectivity index (χ1n) is 5.18. The van der Waals surface area contributed by atoms with Gasteiger partial charge in [-0.2, -0.15) is 0 Å². The fraction of sp³-hybridized carbons (Fsp3) is 0.385. The third-order valence-electron chi connectivity index (χ3n) is 2.35. The second-order valence-electron chi connectivity index (χ2n) is 4.00. The van der Waals surface area contributed by atoms with Crippen molar-refractivity contribution in [1.82, 2.24) is 5.12 Å². The molecule has 1 N–H and O–H groups in total. The zero-order chi connectivity index (χ0) is 12.0. The van der Waals surface area contributed by atoms with Crippen LogP contribution in [0.5, 0.6) is 0 Å². The molecule has 0 spiro atoms. The summed E-state index contributed by atoms with van der Waals surface area (Å²) in [6.07, 6.45) is 5.32. The molecule has 0 aromatic heterocycles. The molecule has 0 fully saturated rings. The number of benzene rings is 1. The Morgan fingerprint density at radius 3 is 2.62 bits per heavy atom. The summed E-state index contributed by atoms with van der Waals surface area (Å²) in [5.74, 6) is 2.22. The molecule has 0 aliphatic heterocycles. The van der Waals surface area contributed by atoms with Gasteiger partial charge in [0.1, 0.15) is 5.60 Å². The average molecular weight is 221 g/mol. The van der Waals surface area contributed by atoms with E-state index < -0.39 is 5.60 Å². The standard InChI is InChI=1S/C13H16FNO/c1-3-13(2,16)9-10-15(14)11-12-7-5-4-6-8-12/h1,4-8,16H,9-11H2,2H3. The average Bonchev–Trinajstić information content (AvgIpc) is 2.28. The Morgan fingerprint density at radius 2 is 2.06 bits per heavy atom. The summed E-state index contributed by atoms with van der Waals surface area (Å²) in [4.78, 5) is 0. The highest BCUT2D eigenvalue weighted by Crippen LogP contribution is 2.11. The fourth-order valence-electron chi connectivity index (χ4n) is 1.27. The lowest BCUT2D eigenvalue weighted by Crippen LogP contribution is -2.27. The van der Waals surface area contributed by atoms with Crippen LogP contribution in [0.15, 0.2) is 30.3 Å². The van der Waals surface area contributed by atoms with Crippen LogP contribution in [0, 0.1) is 12.3 Å². The second kappa shape index (κ2) is 5.64. The molecule has 0 amide bonds. The third kappa shape index (κ3) is 4.43. The van der Waals surface area contributed by atoms with Crippen molar-refractivity contribution in [3.8, 4) is 12.3 Å². The van der Waals surface area contributed by atoms with E-state index in [1.165, 1.54) is 6.92 Å². The Kier molecular flexibility index (Phi) is 4.48. The van der Waals surface area contributed by atoms with E-state index in [0.717, 1.165) is 5.56 Å². The van der Waals surface area contributed by atoms with Crippen LogP contribution in [0.4, 0.5) is 4.48 Å². The SMILES string of the molecule is C#CC(C)(O)CCN(F)Cc1ccccc1. The van der Waals surface area contributed by atoms with Gasteiger partial charge in [-0.25, -0.2) is 0 Å². The minimum atomic E-state index is -1.24. The summed E-state index contributed by atoms with van der Waals surface area (Å²) in [5.41, 5.74) is -0.341. The van der Waals surface area contributed by atoms with Crippen LogP contribution in [0.3, 0.4) is 0 Å². The number of hydrogen-bond acceptors (Lipinski definition) is 2. The van der Waals surface area contributed by atoms with Crippen molar-refractivity contribution in [2.45, 2.75) is 25.5 Å². The van der Waals surface area contributed by atoms with Gasteiger partial charge in [-0.1, -0.05) is 36.3 Å². The maximum Gasteiger partial charge on any atom is 0.123 e. The predicted octanol–water partition coefficient (Wildman–Crippen LogP) is 2.15. The number of rotatable bonds is 5. The normalized spacial score (nSPS) is 14.4. The van der Waals surface area contributed by atoms with E-state index in [-0.39, 0.29) is 19.5 Å². The minimum Gasteiger partial charge on any atom is -0.378 e. The number of terminal acetylenes is 1. The molecular formula is C13H16FNO. The van der Waals surface area contributed by atoms with Crippen molar-refractivity contribution < 1.29 is 9.59 Å². The molecule has 1 atom stereocenters. The fourth-order valence-corrected chi connectivity index (χ4v) is 1.27. The quantitative estimate of drug-likeness (QED) is 0.608. The van der Waals surface area contributed by atoms with Crippen LogP contribution in [-0.2, 0) is 6.54 Å². The lowest BCUT2D eigenvalue weighted by atomic mass is 10.0. The molecule has 3 heteroatoms. The molecule has 0 saturated carbocycles. The molecule has 0 radical (unpaired) electrons. The van der Waals surface area contributed by atoms with Gasteiger partial charge in [0.15, 0.2) is 0 Å². The Labute approximate surface area is 95.6 Å². The van der Waals surface area contributed by atoms with Gasteiger partial charge >= 0.3 is 0 Å². The van der Waals surface area contributed by atoms with Crippen molar-refractivity contribution >= 4 is 0 Å². The van der Waals surface area contributed by atoms with E-state index in [4.69, 9.17) is 6.42 Å². The van der Waals surface area contributed by atoms with Gasteiger partial charge in [-0.3, -0.25) is 0 Å². The highest BCUT2D eigenvalue weighted by molar-refractivity contribution is 5.14. The van der Waals surface area contributed by atoms with E-state index >= 15 is 0 Å². The number of nitrogens with zero attached hydrogens (tertiary/aromatic N) is 1. The molecule has 0 aliphatic rings. The van der Waals surface area contributed by atoms with Gasteiger partial charge in [0.2, 0.25) is 0 Å². The van der Waals surface area contributed by atoms with Gasteiger partial charge in [0.05, 0.1) is 6.54 Å². The topological polar surface area (TPSA) is 23.5 Å². The van der Waals surface area contributed by atoms with Crippen LogP contribution >= 0.6 is 0 Å². The van der Waals surface area contributed by atoms with Gasteiger partial charge in [0.25, 0.3) is 0 Å². The molecule has 1 rings (SSSR count). The molecule has 16 heavy (non-hydrogen) atoms. The maximum atomic E-state index is 13.4. The minimum absolute atomic E-state index is 0.117. The van der Waals surface area contributed by atoms with Crippen molar-refractivity contribution in [3.63, 3.8) is 0 Å². The first-order valence-corrected chi connectivity index (χ1v) is 5.18. The largest absolute Gasteiger partial charge is 0.378 e. The van der Waals surface area contributed by atoms with Crippen LogP contribution < -0.4 is 0 Å². The molecule has 1 aromatic carbocycles. The number of hydrogen-bond donors (Lipinski definition) is 1. The highest BCUT2D eigenvalue weighted by Gasteiger charge is 2.18. The molecule has 2 nitrogen and oxygen atoms in total. The summed E-state index contributed by atoms with van der Waals surface area (Å²) in [7, 11) is 0. The Balaban J connectivity index is 2.38. The molecular weight excluding hydrogens is 205 g/mol. The third-order valence-corrected chi connectivity index (χ3v) is 2.35. The highest BCUT2D eigenvalue weighted by atomic mass is 19.2. The molecule has 1 unspecified atom stereocenters. The van der Waals surface area contributed by atoms with Crippen LogP contribution in [0.25, 0.3) is 0 Å². The summed E-state index contributed by atoms with van der Waals surface area (Å²) in [5, 5.41) is 10.2. The molecule has 1 aromatic rings. The molecule has 0 aliphatic carbocycles. The van der Waals surface area contributed by atoms with Crippen LogP contribution in [-0.4, -0.2) is 22.4 Å². The van der Waals surface area contributed by atoms with E-state index in [2.05, 4.69) is 5.92 Å². The van der Waals surface area contributed by atoms with Crippen molar-refractivity contribution in [2.75, 3.05) is 6.54 Å². The number of halogens is 1. The van der Waals surface area contributed by atoms with Gasteiger partial charge in [0, 0.05) is 13.0 Å². The van der Waals surface area contributed by atoms with Crippen LogP contribution in [0.2, 0.25) is 0 Å². The predicted molar refractivity (Wildman–Crippen MR) is 62.0 cm³/mol. The molecule has 86 valence electrons. The van der Waals surface area contributed by atoms with Gasteiger partial charge < -0.3 is 5.11 Å². The van der Waals surface area contributed by atoms with Crippen LogP contribution in [0.1, 0.15) is 18.9 Å². The van der Waals surface area contributed by atoms with Gasteiger partial charge in [-0.15, -0.1) is 16.0 Å². The first kappa shape index (κ1) is 12.7. The summed E-state index contributed by atoms with van der Waals surface area (Å²) < 4.78 is 13.4. The summed E-state index contributed by atoms with van der Waals surface area (Å²) in [6.45, 7) is 1.83. The van der Waals surface area contributed by atoms with Crippen molar-refractivity contribution in [1.29, 1.82) is 0 Å². The van der Waals surface area contributed by atoms with Crippen molar-refractivity contribution in [3.05, 3.63) is 35.9 Å². The van der Waals surface area contributed by atoms with E-state index in [1.54, 1.807) is 0 Å². The summed E-state index contributed by atoms with van der Waals surface area (Å²) >= 11 is 0. The zero-order valence-electron chi connectivity index (χ0n) is 9.36. The summed E-state index contributed by atoms with van der Waals surface area (Å²) in [6, 6.07) is 9.31. The molecule has 0 saturated heterocycles. The zero-order valence-corrected chi connectivity index (χ0v) is 9.36. The lowest BCUT2D eigenvalue weighted by molar-refractivity contribution is -0.00782. The second-order valence-corrected chi connectivity index (χ2v) is 4.00. The van der Waals surface area contributed by atoms with E-state index in [1.807, 2.05) is 30.3 Å². The first-order chi connectivity index (χ1) is 7.53. The molecule has 0 bridgehead atoms. The monoisotopic (exact) mass is 221 g/mol. The lowest BCUT2D eigenvalue weighted by Gasteiger charge is -2.18. The Morgan fingerprint density at radius 1 is 1.44 bits per heavy atom. The molecule has 0 heterocycles. The Hall–Kier alpha value is -1.37. The van der Waals surface area contributed by atoms with E-state index in [9.17, 15) is 9.59 Å². The van der Waals surface area contributed by atoms with Crippen molar-refractivity contribution in [2.24, 2.45) is 0 Å². The number of aliphatic hydroxyl groups is 1. The van der Waals surface area contributed by atoms with E-state index in [0.29, 0.717) is 5.12 Å². The smallest absolute Gasteiger partial charge is 0.123 e. The Bertz CT molecular complexity index is 356.